The van der Waals surface area contributed by atoms with Gasteiger partial charge in [0.25, 0.3) is 0 Å². The lowest BCUT2D eigenvalue weighted by atomic mass is 9.65. The SMILES string of the molecule is CC1=CC2c3ccccc3C1c1ccccc12. The van der Waals surface area contributed by atoms with Gasteiger partial charge in [-0.25, -0.2) is 0 Å². The molecule has 0 unspecified atom stereocenters. The highest BCUT2D eigenvalue weighted by Crippen LogP contribution is 2.51. The third-order valence-corrected chi connectivity index (χ3v) is 4.17. The second-order valence-corrected chi connectivity index (χ2v) is 5.08. The van der Waals surface area contributed by atoms with E-state index in [1.807, 2.05) is 0 Å². The van der Waals surface area contributed by atoms with Crippen molar-refractivity contribution in [3.8, 4) is 0 Å². The third kappa shape index (κ3) is 1.08. The van der Waals surface area contributed by atoms with Crippen molar-refractivity contribution >= 4 is 0 Å². The Bertz CT molecular complexity index is 586. The first-order valence-electron chi connectivity index (χ1n) is 6.22. The van der Waals surface area contributed by atoms with Gasteiger partial charge in [-0.15, -0.1) is 0 Å². The lowest BCUT2D eigenvalue weighted by molar-refractivity contribution is 0.768. The summed E-state index contributed by atoms with van der Waals surface area (Å²) >= 11 is 0. The summed E-state index contributed by atoms with van der Waals surface area (Å²) in [5.74, 6) is 0.972. The molecule has 82 valence electrons. The molecule has 0 saturated heterocycles. The van der Waals surface area contributed by atoms with Crippen molar-refractivity contribution in [3.63, 3.8) is 0 Å². The number of allylic oxidation sites excluding steroid dienone is 2. The molecule has 0 spiro atoms. The Morgan fingerprint density at radius 1 is 0.706 bits per heavy atom. The Hall–Kier alpha value is -1.82. The molecule has 2 aromatic carbocycles. The molecule has 3 aliphatic rings. The van der Waals surface area contributed by atoms with Crippen LogP contribution in [0.15, 0.2) is 60.2 Å². The molecule has 0 N–H and O–H groups in total. The van der Waals surface area contributed by atoms with Crippen LogP contribution in [-0.4, -0.2) is 0 Å². The van der Waals surface area contributed by atoms with E-state index in [4.69, 9.17) is 0 Å². The van der Waals surface area contributed by atoms with E-state index < -0.39 is 0 Å². The van der Waals surface area contributed by atoms with Crippen LogP contribution in [0.1, 0.15) is 41.0 Å². The fourth-order valence-electron chi connectivity index (χ4n) is 3.48. The quantitative estimate of drug-likeness (QED) is 0.581. The average molecular weight is 218 g/mol. The topological polar surface area (TPSA) is 0 Å². The Morgan fingerprint density at radius 2 is 1.18 bits per heavy atom. The highest BCUT2D eigenvalue weighted by Gasteiger charge is 2.35. The van der Waals surface area contributed by atoms with Gasteiger partial charge in [-0.05, 0) is 29.2 Å². The summed E-state index contributed by atoms with van der Waals surface area (Å²) in [7, 11) is 0. The van der Waals surface area contributed by atoms with Crippen molar-refractivity contribution in [3.05, 3.63) is 82.4 Å². The van der Waals surface area contributed by atoms with Gasteiger partial charge < -0.3 is 0 Å². The van der Waals surface area contributed by atoms with E-state index in [-0.39, 0.29) is 0 Å². The summed E-state index contributed by atoms with van der Waals surface area (Å²) < 4.78 is 0. The molecule has 0 heteroatoms. The molecule has 0 aromatic heterocycles. The van der Waals surface area contributed by atoms with Gasteiger partial charge >= 0.3 is 0 Å². The van der Waals surface area contributed by atoms with E-state index in [2.05, 4.69) is 61.5 Å². The smallest absolute Gasteiger partial charge is 0.0302 e. The average Bonchev–Trinajstić information content (AvgIpc) is 2.39. The van der Waals surface area contributed by atoms with Gasteiger partial charge in [-0.3, -0.25) is 0 Å². The Labute approximate surface area is 102 Å². The van der Waals surface area contributed by atoms with Crippen molar-refractivity contribution in [1.29, 1.82) is 0 Å². The zero-order valence-corrected chi connectivity index (χ0v) is 9.85. The Kier molecular flexibility index (Phi) is 1.69. The molecule has 2 bridgehead atoms. The van der Waals surface area contributed by atoms with Crippen molar-refractivity contribution in [1.82, 2.24) is 0 Å². The summed E-state index contributed by atoms with van der Waals surface area (Å²) in [5.41, 5.74) is 7.53. The molecule has 0 radical (unpaired) electrons. The van der Waals surface area contributed by atoms with Gasteiger partial charge in [0.2, 0.25) is 0 Å². The van der Waals surface area contributed by atoms with E-state index >= 15 is 0 Å². The van der Waals surface area contributed by atoms with Gasteiger partial charge in [-0.1, -0.05) is 60.2 Å². The molecule has 0 saturated carbocycles. The Morgan fingerprint density at radius 3 is 1.71 bits per heavy atom. The maximum atomic E-state index is 2.44. The molecule has 2 aromatic rings. The van der Waals surface area contributed by atoms with Crippen LogP contribution < -0.4 is 0 Å². The van der Waals surface area contributed by atoms with Crippen LogP contribution >= 0.6 is 0 Å². The number of benzene rings is 2. The lowest BCUT2D eigenvalue weighted by Gasteiger charge is -2.38. The van der Waals surface area contributed by atoms with E-state index in [1.54, 1.807) is 0 Å². The second-order valence-electron chi connectivity index (χ2n) is 5.08. The minimum atomic E-state index is 0.479. The molecule has 0 heterocycles. The number of hydrogen-bond acceptors (Lipinski definition) is 0. The van der Waals surface area contributed by atoms with Gasteiger partial charge in [-0.2, -0.15) is 0 Å². The summed E-state index contributed by atoms with van der Waals surface area (Å²) in [5, 5.41) is 0. The first-order valence-corrected chi connectivity index (χ1v) is 6.22. The predicted molar refractivity (Wildman–Crippen MR) is 70.3 cm³/mol. The van der Waals surface area contributed by atoms with Crippen LogP contribution in [-0.2, 0) is 0 Å². The predicted octanol–water partition coefficient (Wildman–Crippen LogP) is 4.22. The summed E-state index contributed by atoms with van der Waals surface area (Å²) in [6.45, 7) is 2.27. The van der Waals surface area contributed by atoms with Crippen LogP contribution in [0, 0.1) is 0 Å². The highest BCUT2D eigenvalue weighted by atomic mass is 14.4. The van der Waals surface area contributed by atoms with E-state index in [9.17, 15) is 0 Å². The van der Waals surface area contributed by atoms with E-state index in [0.717, 1.165) is 0 Å². The van der Waals surface area contributed by atoms with Crippen LogP contribution in [0.25, 0.3) is 0 Å². The minimum Gasteiger partial charge on any atom is -0.0727 e. The molecule has 0 atom stereocenters. The van der Waals surface area contributed by atoms with Crippen LogP contribution in [0.5, 0.6) is 0 Å². The number of hydrogen-bond donors (Lipinski definition) is 0. The van der Waals surface area contributed by atoms with Crippen LogP contribution in [0.4, 0.5) is 0 Å². The van der Waals surface area contributed by atoms with Crippen LogP contribution in [0.2, 0.25) is 0 Å². The molecule has 0 amide bonds. The van der Waals surface area contributed by atoms with Gasteiger partial charge in [0, 0.05) is 11.8 Å². The fourth-order valence-corrected chi connectivity index (χ4v) is 3.48. The van der Waals surface area contributed by atoms with Crippen molar-refractivity contribution in [2.24, 2.45) is 0 Å². The van der Waals surface area contributed by atoms with Crippen molar-refractivity contribution in [2.45, 2.75) is 18.8 Å². The normalized spacial score (nSPS) is 23.9. The third-order valence-electron chi connectivity index (χ3n) is 4.17. The van der Waals surface area contributed by atoms with E-state index in [1.165, 1.54) is 27.8 Å². The molecule has 3 aliphatic carbocycles. The Balaban J connectivity index is 2.08. The largest absolute Gasteiger partial charge is 0.0727 e. The first-order chi connectivity index (χ1) is 8.36. The maximum Gasteiger partial charge on any atom is 0.0302 e. The van der Waals surface area contributed by atoms with Gasteiger partial charge in [0.15, 0.2) is 0 Å². The van der Waals surface area contributed by atoms with Gasteiger partial charge in [0.1, 0.15) is 0 Å². The summed E-state index contributed by atoms with van der Waals surface area (Å²) in [4.78, 5) is 0. The zero-order valence-electron chi connectivity index (χ0n) is 9.85. The molecule has 0 fully saturated rings. The van der Waals surface area contributed by atoms with Crippen molar-refractivity contribution < 1.29 is 0 Å². The molecule has 0 nitrogen and oxygen atoms in total. The second kappa shape index (κ2) is 3.10. The molecule has 0 aliphatic heterocycles. The molecular weight excluding hydrogens is 204 g/mol. The van der Waals surface area contributed by atoms with Crippen molar-refractivity contribution in [2.75, 3.05) is 0 Å². The lowest BCUT2D eigenvalue weighted by Crippen LogP contribution is -2.23. The minimum absolute atomic E-state index is 0.479. The highest BCUT2D eigenvalue weighted by molar-refractivity contribution is 5.62. The summed E-state index contributed by atoms with van der Waals surface area (Å²) in [6.07, 6.45) is 2.44. The standard InChI is InChI=1S/C17H14/c1-11-10-16-12-6-2-4-8-14(12)17(11)15-9-5-3-7-13(15)16/h2-10,16-17H,1H3. The van der Waals surface area contributed by atoms with Crippen LogP contribution in [0.3, 0.4) is 0 Å². The van der Waals surface area contributed by atoms with Gasteiger partial charge in [0.05, 0.1) is 0 Å². The number of rotatable bonds is 0. The fraction of sp³-hybridized carbons (Fsp3) is 0.176. The zero-order chi connectivity index (χ0) is 11.4. The monoisotopic (exact) mass is 218 g/mol. The summed E-state index contributed by atoms with van der Waals surface area (Å²) in [6, 6.07) is 17.8. The van der Waals surface area contributed by atoms with E-state index in [0.29, 0.717) is 11.8 Å². The maximum absolute atomic E-state index is 2.44. The molecular formula is C17H14. The first kappa shape index (κ1) is 9.23. The molecule has 17 heavy (non-hydrogen) atoms. The molecule has 5 rings (SSSR count).